The van der Waals surface area contributed by atoms with Gasteiger partial charge in [-0.3, -0.25) is 10.2 Å². The summed E-state index contributed by atoms with van der Waals surface area (Å²) in [7, 11) is 0. The standard InChI is InChI=1S/C13H20N10O/c24-13(9-6-15-19-12(9)23-8-16-20-21-23)14-7-11-18-17-10-4-2-1-3-5-22(10)11/h8-9,12,15,19H,1-7H2,(H,14,24). The minimum absolute atomic E-state index is 0.0704. The van der Waals surface area contributed by atoms with E-state index < -0.39 is 0 Å². The fourth-order valence-corrected chi connectivity index (χ4v) is 3.24. The van der Waals surface area contributed by atoms with Crippen molar-refractivity contribution in [2.45, 2.75) is 44.9 Å². The summed E-state index contributed by atoms with van der Waals surface area (Å²) in [5, 5.41) is 22.5. The molecule has 2 aromatic heterocycles. The second-order valence-corrected chi connectivity index (χ2v) is 6.08. The number of nitrogens with zero attached hydrogens (tertiary/aromatic N) is 7. The maximum absolute atomic E-state index is 12.6. The number of hydrazine groups is 1. The lowest BCUT2D eigenvalue weighted by atomic mass is 10.1. The number of amides is 1. The number of hydrogen-bond donors (Lipinski definition) is 3. The summed E-state index contributed by atoms with van der Waals surface area (Å²) < 4.78 is 3.67. The van der Waals surface area contributed by atoms with Crippen LogP contribution in [0.5, 0.6) is 0 Å². The van der Waals surface area contributed by atoms with Crippen LogP contribution in [-0.4, -0.2) is 47.4 Å². The number of nitrogens with one attached hydrogen (secondary N) is 3. The van der Waals surface area contributed by atoms with E-state index in [1.807, 2.05) is 0 Å². The molecule has 2 atom stereocenters. The molecule has 2 aliphatic rings. The highest BCUT2D eigenvalue weighted by Gasteiger charge is 2.35. The first-order valence-corrected chi connectivity index (χ1v) is 8.22. The van der Waals surface area contributed by atoms with Gasteiger partial charge in [-0.1, -0.05) is 6.42 Å². The van der Waals surface area contributed by atoms with Crippen LogP contribution in [-0.2, 0) is 24.3 Å². The Morgan fingerprint density at radius 3 is 3.17 bits per heavy atom. The number of rotatable bonds is 4. The molecule has 4 rings (SSSR count). The fourth-order valence-electron chi connectivity index (χ4n) is 3.24. The molecule has 11 nitrogen and oxygen atoms in total. The predicted molar refractivity (Wildman–Crippen MR) is 80.9 cm³/mol. The van der Waals surface area contributed by atoms with Crippen molar-refractivity contribution in [2.75, 3.05) is 6.54 Å². The van der Waals surface area contributed by atoms with Gasteiger partial charge in [0.2, 0.25) is 5.91 Å². The van der Waals surface area contributed by atoms with E-state index in [0.29, 0.717) is 13.1 Å². The van der Waals surface area contributed by atoms with Gasteiger partial charge in [-0.05, 0) is 23.3 Å². The average molecular weight is 332 g/mol. The van der Waals surface area contributed by atoms with Gasteiger partial charge in [0.25, 0.3) is 0 Å². The third-order valence-corrected chi connectivity index (χ3v) is 4.55. The van der Waals surface area contributed by atoms with Gasteiger partial charge in [0, 0.05) is 19.5 Å². The van der Waals surface area contributed by atoms with Crippen LogP contribution >= 0.6 is 0 Å². The maximum Gasteiger partial charge on any atom is 0.228 e. The maximum atomic E-state index is 12.6. The van der Waals surface area contributed by atoms with E-state index in [9.17, 15) is 4.79 Å². The molecule has 1 saturated heterocycles. The van der Waals surface area contributed by atoms with Crippen LogP contribution in [0, 0.1) is 5.92 Å². The molecule has 0 aliphatic carbocycles. The van der Waals surface area contributed by atoms with Crippen molar-refractivity contribution in [3.8, 4) is 0 Å². The summed E-state index contributed by atoms with van der Waals surface area (Å²) in [5.41, 5.74) is 6.00. The van der Waals surface area contributed by atoms with Gasteiger partial charge >= 0.3 is 0 Å². The highest BCUT2D eigenvalue weighted by atomic mass is 16.2. The summed E-state index contributed by atoms with van der Waals surface area (Å²) in [6, 6.07) is 0. The number of carbonyl (C=O) groups excluding carboxylic acids is 1. The first-order valence-electron chi connectivity index (χ1n) is 8.22. The molecule has 0 aromatic carbocycles. The van der Waals surface area contributed by atoms with Crippen molar-refractivity contribution < 1.29 is 4.79 Å². The average Bonchev–Trinajstić information content (AvgIpc) is 3.31. The Hall–Kier alpha value is -2.40. The van der Waals surface area contributed by atoms with Gasteiger partial charge in [0.15, 0.2) is 5.82 Å². The van der Waals surface area contributed by atoms with Gasteiger partial charge in [-0.2, -0.15) is 0 Å². The van der Waals surface area contributed by atoms with Crippen LogP contribution in [0.15, 0.2) is 6.33 Å². The van der Waals surface area contributed by atoms with Crippen molar-refractivity contribution in [3.63, 3.8) is 0 Å². The number of aryl methyl sites for hydroxylation is 1. The number of fused-ring (bicyclic) bond motifs is 1. The molecule has 0 spiro atoms. The van der Waals surface area contributed by atoms with E-state index in [0.717, 1.165) is 37.5 Å². The Labute approximate surface area is 138 Å². The fraction of sp³-hybridized carbons (Fsp3) is 0.692. The van der Waals surface area contributed by atoms with E-state index in [-0.39, 0.29) is 18.0 Å². The molecular formula is C13H20N10O. The topological polar surface area (TPSA) is 127 Å². The zero-order chi connectivity index (χ0) is 16.4. The smallest absolute Gasteiger partial charge is 0.228 e. The monoisotopic (exact) mass is 332 g/mol. The predicted octanol–water partition coefficient (Wildman–Crippen LogP) is -1.47. The summed E-state index contributed by atoms with van der Waals surface area (Å²) >= 11 is 0. The highest BCUT2D eigenvalue weighted by Crippen LogP contribution is 2.18. The van der Waals surface area contributed by atoms with Crippen LogP contribution in [0.4, 0.5) is 0 Å². The Balaban J connectivity index is 1.41. The molecule has 2 aromatic rings. The second-order valence-electron chi connectivity index (χ2n) is 6.08. The lowest BCUT2D eigenvalue weighted by Crippen LogP contribution is -2.37. The SMILES string of the molecule is O=C(NCc1nnc2n1CCCCC2)C1CNNC1n1cnnn1. The van der Waals surface area contributed by atoms with Gasteiger partial charge in [-0.25, -0.2) is 10.1 Å². The Bertz CT molecular complexity index is 696. The summed E-state index contributed by atoms with van der Waals surface area (Å²) in [6.07, 6.45) is 5.63. The first kappa shape index (κ1) is 15.1. The molecular weight excluding hydrogens is 312 g/mol. The number of tetrazole rings is 1. The van der Waals surface area contributed by atoms with Crippen molar-refractivity contribution in [3.05, 3.63) is 18.0 Å². The molecule has 0 saturated carbocycles. The van der Waals surface area contributed by atoms with Crippen molar-refractivity contribution in [1.82, 2.24) is 51.1 Å². The lowest BCUT2D eigenvalue weighted by Gasteiger charge is -2.17. The Kier molecular flexibility index (Phi) is 4.17. The Morgan fingerprint density at radius 1 is 1.33 bits per heavy atom. The third kappa shape index (κ3) is 2.87. The molecule has 3 N–H and O–H groups in total. The molecule has 24 heavy (non-hydrogen) atoms. The van der Waals surface area contributed by atoms with Crippen LogP contribution in [0.1, 0.15) is 37.1 Å². The van der Waals surface area contributed by atoms with Gasteiger partial charge < -0.3 is 9.88 Å². The summed E-state index contributed by atoms with van der Waals surface area (Å²) in [6.45, 7) is 1.81. The van der Waals surface area contributed by atoms with Gasteiger partial charge in [0.1, 0.15) is 18.3 Å². The van der Waals surface area contributed by atoms with Gasteiger partial charge in [-0.15, -0.1) is 15.3 Å². The van der Waals surface area contributed by atoms with E-state index in [1.54, 1.807) is 0 Å². The molecule has 2 aliphatic heterocycles. The van der Waals surface area contributed by atoms with Gasteiger partial charge in [0.05, 0.1) is 12.5 Å². The van der Waals surface area contributed by atoms with E-state index >= 15 is 0 Å². The minimum atomic E-state index is -0.310. The first-order chi connectivity index (χ1) is 11.8. The second kappa shape index (κ2) is 6.61. The van der Waals surface area contributed by atoms with Crippen LogP contribution in [0.25, 0.3) is 0 Å². The minimum Gasteiger partial charge on any atom is -0.348 e. The molecule has 1 fully saturated rings. The van der Waals surface area contributed by atoms with Crippen molar-refractivity contribution in [2.24, 2.45) is 5.92 Å². The summed E-state index contributed by atoms with van der Waals surface area (Å²) in [4.78, 5) is 12.6. The van der Waals surface area contributed by atoms with Crippen molar-refractivity contribution in [1.29, 1.82) is 0 Å². The zero-order valence-electron chi connectivity index (χ0n) is 13.2. The molecule has 11 heteroatoms. The third-order valence-electron chi connectivity index (χ3n) is 4.55. The molecule has 2 unspecified atom stereocenters. The molecule has 4 heterocycles. The normalized spacial score (nSPS) is 23.7. The quantitative estimate of drug-likeness (QED) is 0.619. The lowest BCUT2D eigenvalue weighted by molar-refractivity contribution is -0.125. The number of aromatic nitrogens is 7. The van der Waals surface area contributed by atoms with Crippen LogP contribution < -0.4 is 16.2 Å². The summed E-state index contributed by atoms with van der Waals surface area (Å²) in [5.74, 6) is 1.46. The van der Waals surface area contributed by atoms with Crippen molar-refractivity contribution >= 4 is 5.91 Å². The highest BCUT2D eigenvalue weighted by molar-refractivity contribution is 5.79. The number of carbonyl (C=O) groups is 1. The van der Waals surface area contributed by atoms with Crippen LogP contribution in [0.2, 0.25) is 0 Å². The number of hydrogen-bond acceptors (Lipinski definition) is 8. The van der Waals surface area contributed by atoms with E-state index in [4.69, 9.17) is 0 Å². The molecule has 0 bridgehead atoms. The largest absolute Gasteiger partial charge is 0.348 e. The molecule has 1 amide bonds. The Morgan fingerprint density at radius 2 is 2.29 bits per heavy atom. The van der Waals surface area contributed by atoms with E-state index in [2.05, 4.69) is 46.5 Å². The zero-order valence-corrected chi connectivity index (χ0v) is 13.2. The molecule has 128 valence electrons. The van der Waals surface area contributed by atoms with Crippen LogP contribution in [0.3, 0.4) is 0 Å². The van der Waals surface area contributed by atoms with E-state index in [1.165, 1.54) is 17.4 Å². The molecule has 0 radical (unpaired) electrons.